The summed E-state index contributed by atoms with van der Waals surface area (Å²) < 4.78 is 18.8. The molecule has 5 nitrogen and oxygen atoms in total. The quantitative estimate of drug-likeness (QED) is 0.872. The molecule has 0 radical (unpaired) electrons. The largest absolute Gasteiger partial charge is 0.478 e. The van der Waals surface area contributed by atoms with Gasteiger partial charge in [-0.2, -0.15) is 0 Å². The van der Waals surface area contributed by atoms with Crippen LogP contribution < -0.4 is 0 Å². The molecule has 2 aromatic rings. The third kappa shape index (κ3) is 5.08. The molecule has 1 aliphatic heterocycles. The molecular weight excluding hydrogens is 323 g/mol. The molecule has 3 rings (SSSR count). The molecule has 0 bridgehead atoms. The number of piperidine rings is 1. The Labute approximate surface area is 146 Å². The van der Waals surface area contributed by atoms with Crippen LogP contribution in [0.1, 0.15) is 34.3 Å². The molecule has 0 atom stereocenters. The number of ether oxygens (including phenoxy) is 1. The zero-order valence-electron chi connectivity index (χ0n) is 13.9. The van der Waals surface area contributed by atoms with Crippen molar-refractivity contribution in [2.75, 3.05) is 13.1 Å². The monoisotopic (exact) mass is 344 g/mol. The van der Waals surface area contributed by atoms with Crippen LogP contribution in [0, 0.1) is 5.82 Å². The van der Waals surface area contributed by atoms with Crippen LogP contribution in [0.3, 0.4) is 0 Å². The third-order valence-corrected chi connectivity index (χ3v) is 4.38. The molecule has 6 heteroatoms. The van der Waals surface area contributed by atoms with Crippen molar-refractivity contribution < 1.29 is 19.0 Å². The van der Waals surface area contributed by atoms with Gasteiger partial charge in [0.25, 0.3) is 0 Å². The van der Waals surface area contributed by atoms with Crippen LogP contribution in [0.25, 0.3) is 0 Å². The molecule has 132 valence electrons. The van der Waals surface area contributed by atoms with E-state index in [9.17, 15) is 9.18 Å². The number of carbonyl (C=O) groups is 1. The summed E-state index contributed by atoms with van der Waals surface area (Å²) in [6.07, 6.45) is 5.12. The van der Waals surface area contributed by atoms with E-state index in [0.29, 0.717) is 13.2 Å². The summed E-state index contributed by atoms with van der Waals surface area (Å²) in [6, 6.07) is 8.05. The SMILES string of the molecule is O=C(O)c1cncc(CN2CCC(OCc3ccc(F)cc3)CC2)c1. The molecule has 0 spiro atoms. The second-order valence-corrected chi connectivity index (χ2v) is 6.30. The van der Waals surface area contributed by atoms with Crippen molar-refractivity contribution in [1.29, 1.82) is 0 Å². The molecule has 1 N–H and O–H groups in total. The number of hydrogen-bond donors (Lipinski definition) is 1. The van der Waals surface area contributed by atoms with Gasteiger partial charge in [0.1, 0.15) is 5.82 Å². The van der Waals surface area contributed by atoms with Gasteiger partial charge < -0.3 is 9.84 Å². The lowest BCUT2D eigenvalue weighted by molar-refractivity contribution is -0.00397. The topological polar surface area (TPSA) is 62.7 Å². The van der Waals surface area contributed by atoms with Gasteiger partial charge in [0.05, 0.1) is 18.3 Å². The van der Waals surface area contributed by atoms with Crippen molar-refractivity contribution in [2.45, 2.75) is 32.1 Å². The summed E-state index contributed by atoms with van der Waals surface area (Å²) in [7, 11) is 0. The summed E-state index contributed by atoms with van der Waals surface area (Å²) in [6.45, 7) is 2.98. The highest BCUT2D eigenvalue weighted by Crippen LogP contribution is 2.18. The Bertz CT molecular complexity index is 713. The van der Waals surface area contributed by atoms with Gasteiger partial charge in [-0.05, 0) is 42.2 Å². The minimum absolute atomic E-state index is 0.199. The zero-order valence-corrected chi connectivity index (χ0v) is 13.9. The first-order chi connectivity index (χ1) is 12.1. The molecular formula is C19H21FN2O3. The lowest BCUT2D eigenvalue weighted by atomic mass is 10.1. The molecule has 1 fully saturated rings. The van der Waals surface area contributed by atoms with E-state index < -0.39 is 5.97 Å². The molecule has 25 heavy (non-hydrogen) atoms. The van der Waals surface area contributed by atoms with Gasteiger partial charge in [0, 0.05) is 32.0 Å². The first-order valence-corrected chi connectivity index (χ1v) is 8.36. The van der Waals surface area contributed by atoms with Crippen molar-refractivity contribution in [3.63, 3.8) is 0 Å². The standard InChI is InChI=1S/C19H21FN2O3/c20-17-3-1-14(2-4-17)13-25-18-5-7-22(8-6-18)12-15-9-16(19(23)24)11-21-10-15/h1-4,9-11,18H,5-8,12-13H2,(H,23,24). The molecule has 1 saturated heterocycles. The van der Waals surface area contributed by atoms with E-state index in [1.807, 2.05) is 0 Å². The predicted molar refractivity (Wildman–Crippen MR) is 90.7 cm³/mol. The minimum Gasteiger partial charge on any atom is -0.478 e. The highest BCUT2D eigenvalue weighted by atomic mass is 19.1. The molecule has 0 unspecified atom stereocenters. The fourth-order valence-electron chi connectivity index (χ4n) is 2.98. The van der Waals surface area contributed by atoms with Crippen LogP contribution in [0.2, 0.25) is 0 Å². The van der Waals surface area contributed by atoms with Gasteiger partial charge >= 0.3 is 5.97 Å². The van der Waals surface area contributed by atoms with Gasteiger partial charge in [-0.25, -0.2) is 9.18 Å². The van der Waals surface area contributed by atoms with Crippen molar-refractivity contribution >= 4 is 5.97 Å². The van der Waals surface area contributed by atoms with Crippen LogP contribution >= 0.6 is 0 Å². The molecule has 1 aliphatic rings. The number of benzene rings is 1. The number of carboxylic acid groups (broad SMARTS) is 1. The van der Waals surface area contributed by atoms with Gasteiger partial charge in [0.15, 0.2) is 0 Å². The first kappa shape index (κ1) is 17.5. The number of aromatic carboxylic acids is 1. The molecule has 1 aromatic carbocycles. The number of hydrogen-bond acceptors (Lipinski definition) is 4. The maximum atomic E-state index is 12.9. The Morgan fingerprint density at radius 3 is 2.60 bits per heavy atom. The van der Waals surface area contributed by atoms with E-state index in [1.165, 1.54) is 18.3 Å². The predicted octanol–water partition coefficient (Wildman–Crippen LogP) is 3.10. The highest BCUT2D eigenvalue weighted by Gasteiger charge is 2.20. The Balaban J connectivity index is 1.44. The Morgan fingerprint density at radius 2 is 1.92 bits per heavy atom. The van der Waals surface area contributed by atoms with Crippen molar-refractivity contribution in [3.8, 4) is 0 Å². The van der Waals surface area contributed by atoms with E-state index in [4.69, 9.17) is 9.84 Å². The first-order valence-electron chi connectivity index (χ1n) is 8.36. The van der Waals surface area contributed by atoms with E-state index in [0.717, 1.165) is 37.1 Å². The Kier molecular flexibility index (Phi) is 5.73. The number of aromatic nitrogens is 1. The zero-order chi connectivity index (χ0) is 17.6. The van der Waals surface area contributed by atoms with E-state index in [2.05, 4.69) is 9.88 Å². The highest BCUT2D eigenvalue weighted by molar-refractivity contribution is 5.87. The molecule has 0 aliphatic carbocycles. The Hall–Kier alpha value is -2.31. The van der Waals surface area contributed by atoms with E-state index >= 15 is 0 Å². The molecule has 0 amide bonds. The van der Waals surface area contributed by atoms with Crippen LogP contribution in [-0.4, -0.2) is 40.2 Å². The van der Waals surface area contributed by atoms with Gasteiger partial charge in [-0.1, -0.05) is 12.1 Å². The maximum Gasteiger partial charge on any atom is 0.337 e. The number of rotatable bonds is 6. The van der Waals surface area contributed by atoms with Gasteiger partial charge in [-0.15, -0.1) is 0 Å². The molecule has 2 heterocycles. The van der Waals surface area contributed by atoms with Crippen LogP contribution in [0.4, 0.5) is 4.39 Å². The average molecular weight is 344 g/mol. The number of pyridine rings is 1. The normalized spacial score (nSPS) is 16.0. The van der Waals surface area contributed by atoms with Gasteiger partial charge in [0.2, 0.25) is 0 Å². The fourth-order valence-corrected chi connectivity index (χ4v) is 2.98. The summed E-state index contributed by atoms with van der Waals surface area (Å²) in [5.74, 6) is -1.19. The third-order valence-electron chi connectivity index (χ3n) is 4.38. The minimum atomic E-state index is -0.956. The lowest BCUT2D eigenvalue weighted by Crippen LogP contribution is -2.36. The van der Waals surface area contributed by atoms with E-state index in [-0.39, 0.29) is 17.5 Å². The summed E-state index contributed by atoms with van der Waals surface area (Å²) in [5, 5.41) is 9.03. The smallest absolute Gasteiger partial charge is 0.337 e. The van der Waals surface area contributed by atoms with Crippen molar-refractivity contribution in [3.05, 3.63) is 65.2 Å². The lowest BCUT2D eigenvalue weighted by Gasteiger charge is -2.31. The van der Waals surface area contributed by atoms with Crippen molar-refractivity contribution in [2.24, 2.45) is 0 Å². The van der Waals surface area contributed by atoms with Gasteiger partial charge in [-0.3, -0.25) is 9.88 Å². The van der Waals surface area contributed by atoms with Crippen LogP contribution in [-0.2, 0) is 17.9 Å². The number of likely N-dealkylation sites (tertiary alicyclic amines) is 1. The summed E-state index contributed by atoms with van der Waals surface area (Å²) >= 11 is 0. The Morgan fingerprint density at radius 1 is 1.20 bits per heavy atom. The number of nitrogens with zero attached hydrogens (tertiary/aromatic N) is 2. The fraction of sp³-hybridized carbons (Fsp3) is 0.368. The van der Waals surface area contributed by atoms with E-state index in [1.54, 1.807) is 24.4 Å². The average Bonchev–Trinajstić information content (AvgIpc) is 2.63. The number of halogens is 1. The molecule has 0 saturated carbocycles. The second-order valence-electron chi connectivity index (χ2n) is 6.30. The molecule has 1 aromatic heterocycles. The summed E-state index contributed by atoms with van der Waals surface area (Å²) in [5.41, 5.74) is 2.10. The van der Waals surface area contributed by atoms with Crippen LogP contribution in [0.15, 0.2) is 42.7 Å². The summed E-state index contributed by atoms with van der Waals surface area (Å²) in [4.78, 5) is 17.3. The van der Waals surface area contributed by atoms with Crippen LogP contribution in [0.5, 0.6) is 0 Å². The maximum absolute atomic E-state index is 12.9. The van der Waals surface area contributed by atoms with Crippen molar-refractivity contribution in [1.82, 2.24) is 9.88 Å². The second kappa shape index (κ2) is 8.18. The number of carboxylic acids is 1.